The quantitative estimate of drug-likeness (QED) is 0.891. The molecule has 1 N–H and O–H groups in total. The Kier molecular flexibility index (Phi) is 4.04. The van der Waals surface area contributed by atoms with Crippen LogP contribution < -0.4 is 0 Å². The number of nitrogens with zero attached hydrogens (tertiary/aromatic N) is 1. The molecule has 1 saturated heterocycles. The largest absolute Gasteiger partial charge is 0.479 e. The highest BCUT2D eigenvalue weighted by Gasteiger charge is 2.33. The van der Waals surface area contributed by atoms with Crippen LogP contribution in [0.25, 0.3) is 0 Å². The number of rotatable bonds is 2. The number of ether oxygens (including phenoxy) is 1. The van der Waals surface area contributed by atoms with Gasteiger partial charge in [-0.3, -0.25) is 4.79 Å². The van der Waals surface area contributed by atoms with E-state index >= 15 is 0 Å². The predicted molar refractivity (Wildman–Crippen MR) is 69.0 cm³/mol. The van der Waals surface area contributed by atoms with Gasteiger partial charge >= 0.3 is 5.97 Å². The van der Waals surface area contributed by atoms with E-state index in [9.17, 15) is 14.0 Å². The Labute approximate surface area is 116 Å². The van der Waals surface area contributed by atoms with Gasteiger partial charge in [-0.15, -0.1) is 0 Å². The average molecular weight is 281 g/mol. The summed E-state index contributed by atoms with van der Waals surface area (Å²) < 4.78 is 18.6. The summed E-state index contributed by atoms with van der Waals surface area (Å²) >= 11 is 0. The van der Waals surface area contributed by atoms with Gasteiger partial charge in [-0.2, -0.15) is 0 Å². The molecule has 1 amide bonds. The zero-order valence-corrected chi connectivity index (χ0v) is 11.3. The molecule has 1 aromatic carbocycles. The summed E-state index contributed by atoms with van der Waals surface area (Å²) in [6.07, 6.45) is -1.42. The normalized spacial score (nSPS) is 22.6. The number of aryl methyl sites for hydroxylation is 1. The fraction of sp³-hybridized carbons (Fsp3) is 0.429. The van der Waals surface area contributed by atoms with Crippen molar-refractivity contribution >= 4 is 11.9 Å². The highest BCUT2D eigenvalue weighted by Crippen LogP contribution is 2.16. The molecule has 1 aliphatic rings. The van der Waals surface area contributed by atoms with Crippen molar-refractivity contribution in [2.75, 3.05) is 13.1 Å². The topological polar surface area (TPSA) is 66.8 Å². The lowest BCUT2D eigenvalue weighted by atomic mass is 10.1. The van der Waals surface area contributed by atoms with Crippen LogP contribution >= 0.6 is 0 Å². The Morgan fingerprint density at radius 2 is 2.05 bits per heavy atom. The van der Waals surface area contributed by atoms with Crippen molar-refractivity contribution in [3.8, 4) is 0 Å². The molecule has 0 bridgehead atoms. The van der Waals surface area contributed by atoms with Gasteiger partial charge in [0.05, 0.1) is 12.6 Å². The van der Waals surface area contributed by atoms with E-state index in [0.717, 1.165) is 6.07 Å². The van der Waals surface area contributed by atoms with Gasteiger partial charge in [0.15, 0.2) is 6.10 Å². The van der Waals surface area contributed by atoms with Gasteiger partial charge in [-0.05, 0) is 37.6 Å². The number of aliphatic carboxylic acids is 1. The summed E-state index contributed by atoms with van der Waals surface area (Å²) in [6, 6.07) is 4.07. The summed E-state index contributed by atoms with van der Waals surface area (Å²) in [5, 5.41) is 8.99. The molecule has 0 aromatic heterocycles. The Hall–Kier alpha value is -1.95. The number of carbonyl (C=O) groups excluding carboxylic acids is 1. The van der Waals surface area contributed by atoms with Crippen molar-refractivity contribution in [3.05, 3.63) is 35.1 Å². The maximum Gasteiger partial charge on any atom is 0.334 e. The van der Waals surface area contributed by atoms with Crippen LogP contribution in [0.3, 0.4) is 0 Å². The Balaban J connectivity index is 2.21. The Bertz CT molecular complexity index is 526. The lowest BCUT2D eigenvalue weighted by molar-refractivity contribution is -0.160. The number of halogens is 1. The number of amides is 1. The number of hydrogen-bond donors (Lipinski definition) is 1. The molecule has 2 atom stereocenters. The summed E-state index contributed by atoms with van der Waals surface area (Å²) in [7, 11) is 0. The zero-order chi connectivity index (χ0) is 14.9. The monoisotopic (exact) mass is 281 g/mol. The molecule has 0 saturated carbocycles. The van der Waals surface area contributed by atoms with E-state index in [1.54, 1.807) is 19.9 Å². The molecule has 1 aromatic rings. The van der Waals surface area contributed by atoms with Gasteiger partial charge in [0.1, 0.15) is 5.82 Å². The van der Waals surface area contributed by atoms with Crippen LogP contribution in [0.4, 0.5) is 4.39 Å². The van der Waals surface area contributed by atoms with E-state index in [1.807, 2.05) is 0 Å². The molecular formula is C14H16FNO4. The van der Waals surface area contributed by atoms with Crippen LogP contribution in [0.1, 0.15) is 22.8 Å². The molecule has 0 radical (unpaired) electrons. The number of morpholine rings is 1. The second-order valence-electron chi connectivity index (χ2n) is 5.00. The predicted octanol–water partition coefficient (Wildman–Crippen LogP) is 1.45. The first-order valence-corrected chi connectivity index (χ1v) is 6.31. The van der Waals surface area contributed by atoms with E-state index in [1.165, 1.54) is 11.0 Å². The molecule has 1 heterocycles. The third-order valence-electron chi connectivity index (χ3n) is 3.11. The van der Waals surface area contributed by atoms with Gasteiger partial charge in [0.2, 0.25) is 0 Å². The first kappa shape index (κ1) is 14.5. The zero-order valence-electron chi connectivity index (χ0n) is 11.3. The second kappa shape index (κ2) is 5.58. The maximum atomic E-state index is 13.3. The van der Waals surface area contributed by atoms with E-state index < -0.39 is 17.9 Å². The van der Waals surface area contributed by atoms with Crippen LogP contribution in [0.15, 0.2) is 18.2 Å². The summed E-state index contributed by atoms with van der Waals surface area (Å²) in [5.41, 5.74) is 0.866. The van der Waals surface area contributed by atoms with Crippen molar-refractivity contribution in [2.24, 2.45) is 0 Å². The molecule has 1 fully saturated rings. The van der Waals surface area contributed by atoms with Gasteiger partial charge in [-0.1, -0.05) is 0 Å². The SMILES string of the molecule is Cc1cc(F)cc(C(=O)N2CC(C(=O)O)O[C@H](C)C2)c1. The van der Waals surface area contributed by atoms with E-state index in [2.05, 4.69) is 0 Å². The molecule has 0 aliphatic carbocycles. The average Bonchev–Trinajstić information content (AvgIpc) is 2.35. The van der Waals surface area contributed by atoms with Crippen molar-refractivity contribution in [1.29, 1.82) is 0 Å². The summed E-state index contributed by atoms with van der Waals surface area (Å²) in [5.74, 6) is -1.97. The first-order chi connectivity index (χ1) is 9.36. The van der Waals surface area contributed by atoms with Crippen molar-refractivity contribution in [1.82, 2.24) is 4.90 Å². The highest BCUT2D eigenvalue weighted by atomic mass is 19.1. The molecule has 6 heteroatoms. The number of carboxylic acid groups (broad SMARTS) is 1. The van der Waals surface area contributed by atoms with E-state index in [0.29, 0.717) is 5.56 Å². The number of benzene rings is 1. The lowest BCUT2D eigenvalue weighted by Crippen LogP contribution is -2.51. The second-order valence-corrected chi connectivity index (χ2v) is 5.00. The number of hydrogen-bond acceptors (Lipinski definition) is 3. The Morgan fingerprint density at radius 3 is 2.65 bits per heavy atom. The van der Waals surface area contributed by atoms with E-state index in [-0.39, 0.29) is 30.7 Å². The number of carboxylic acids is 1. The van der Waals surface area contributed by atoms with Gasteiger partial charge in [0, 0.05) is 12.1 Å². The van der Waals surface area contributed by atoms with Crippen LogP contribution in [0.5, 0.6) is 0 Å². The van der Waals surface area contributed by atoms with Gasteiger partial charge in [0.25, 0.3) is 5.91 Å². The first-order valence-electron chi connectivity index (χ1n) is 6.31. The smallest absolute Gasteiger partial charge is 0.334 e. The van der Waals surface area contributed by atoms with Crippen LogP contribution in [0.2, 0.25) is 0 Å². The minimum absolute atomic E-state index is 0.0337. The molecule has 5 nitrogen and oxygen atoms in total. The van der Waals surface area contributed by atoms with E-state index in [4.69, 9.17) is 9.84 Å². The molecule has 108 valence electrons. The molecule has 1 aliphatic heterocycles. The van der Waals surface area contributed by atoms with Crippen LogP contribution in [-0.4, -0.2) is 47.2 Å². The van der Waals surface area contributed by atoms with Crippen molar-refractivity contribution < 1.29 is 23.8 Å². The summed E-state index contributed by atoms with van der Waals surface area (Å²) in [6.45, 7) is 3.65. The lowest BCUT2D eigenvalue weighted by Gasteiger charge is -2.35. The molecule has 0 spiro atoms. The van der Waals surface area contributed by atoms with Crippen molar-refractivity contribution in [3.63, 3.8) is 0 Å². The molecule has 1 unspecified atom stereocenters. The summed E-state index contributed by atoms with van der Waals surface area (Å²) in [4.78, 5) is 24.7. The fourth-order valence-electron chi connectivity index (χ4n) is 2.30. The molecule has 2 rings (SSSR count). The Morgan fingerprint density at radius 1 is 1.35 bits per heavy atom. The van der Waals surface area contributed by atoms with Crippen LogP contribution in [0, 0.1) is 12.7 Å². The van der Waals surface area contributed by atoms with Gasteiger partial charge < -0.3 is 14.7 Å². The minimum atomic E-state index is -1.11. The van der Waals surface area contributed by atoms with Crippen molar-refractivity contribution in [2.45, 2.75) is 26.1 Å². The number of carbonyl (C=O) groups is 2. The minimum Gasteiger partial charge on any atom is -0.479 e. The van der Waals surface area contributed by atoms with Gasteiger partial charge in [-0.25, -0.2) is 9.18 Å². The maximum absolute atomic E-state index is 13.3. The van der Waals surface area contributed by atoms with Crippen LogP contribution in [-0.2, 0) is 9.53 Å². The molecular weight excluding hydrogens is 265 g/mol. The third-order valence-corrected chi connectivity index (χ3v) is 3.11. The fourth-order valence-corrected chi connectivity index (χ4v) is 2.30. The molecule has 20 heavy (non-hydrogen) atoms. The standard InChI is InChI=1S/C14H16FNO4/c1-8-3-10(5-11(15)4-8)13(17)16-6-9(2)20-12(7-16)14(18)19/h3-5,9,12H,6-7H2,1-2H3,(H,18,19)/t9-,12?/m1/s1. The third kappa shape index (κ3) is 3.14. The highest BCUT2D eigenvalue weighted by molar-refractivity contribution is 5.94.